The molecule has 0 spiro atoms. The molecule has 0 bridgehead atoms. The Bertz CT molecular complexity index is 795. The van der Waals surface area contributed by atoms with Gasteiger partial charge in [-0.25, -0.2) is 8.42 Å². The summed E-state index contributed by atoms with van der Waals surface area (Å²) in [6, 6.07) is 12.6. The molecule has 116 valence electrons. The fraction of sp³-hybridized carbons (Fsp3) is 0.294. The van der Waals surface area contributed by atoms with Crippen molar-refractivity contribution in [3.05, 3.63) is 64.7 Å². The molecular formula is C17H19NO3S. The first-order chi connectivity index (χ1) is 10.4. The number of sulfonamides is 1. The lowest BCUT2D eigenvalue weighted by Gasteiger charge is -2.15. The molecule has 22 heavy (non-hydrogen) atoms. The number of aliphatic hydroxyl groups excluding tert-OH is 1. The van der Waals surface area contributed by atoms with Gasteiger partial charge >= 0.3 is 0 Å². The molecule has 0 aliphatic carbocycles. The van der Waals surface area contributed by atoms with Gasteiger partial charge in [0.05, 0.1) is 11.0 Å². The minimum Gasteiger partial charge on any atom is -0.389 e. The lowest BCUT2D eigenvalue weighted by Crippen LogP contribution is -2.25. The van der Waals surface area contributed by atoms with Crippen LogP contribution in [-0.2, 0) is 23.1 Å². The summed E-state index contributed by atoms with van der Waals surface area (Å²) in [5.74, 6) is 0. The average Bonchev–Trinajstić information content (AvgIpc) is 2.91. The SMILES string of the molecule is Cc1ccc(S(=O)(=O)N2Cc3ccc([C@@H](C)O)cc3C2)cc1. The molecule has 2 aromatic rings. The summed E-state index contributed by atoms with van der Waals surface area (Å²) in [5, 5.41) is 9.65. The molecular weight excluding hydrogens is 298 g/mol. The zero-order chi connectivity index (χ0) is 15.9. The first-order valence-corrected chi connectivity index (χ1v) is 8.68. The van der Waals surface area contributed by atoms with E-state index >= 15 is 0 Å². The number of benzene rings is 2. The Morgan fingerprint density at radius 1 is 1.05 bits per heavy atom. The van der Waals surface area contributed by atoms with E-state index in [1.54, 1.807) is 19.1 Å². The normalized spacial score (nSPS) is 16.5. The fourth-order valence-corrected chi connectivity index (χ4v) is 4.07. The predicted molar refractivity (Wildman–Crippen MR) is 84.7 cm³/mol. The summed E-state index contributed by atoms with van der Waals surface area (Å²) < 4.78 is 26.9. The Hall–Kier alpha value is -1.69. The lowest BCUT2D eigenvalue weighted by molar-refractivity contribution is 0.199. The highest BCUT2D eigenvalue weighted by molar-refractivity contribution is 7.89. The zero-order valence-corrected chi connectivity index (χ0v) is 13.5. The predicted octanol–water partition coefficient (Wildman–Crippen LogP) is 2.75. The highest BCUT2D eigenvalue weighted by Crippen LogP contribution is 2.30. The second kappa shape index (κ2) is 5.50. The molecule has 1 heterocycles. The number of aliphatic hydroxyl groups is 1. The van der Waals surface area contributed by atoms with Crippen LogP contribution in [0, 0.1) is 6.92 Å². The molecule has 1 atom stereocenters. The lowest BCUT2D eigenvalue weighted by atomic mass is 10.0. The molecule has 0 aromatic heterocycles. The quantitative estimate of drug-likeness (QED) is 0.947. The molecule has 5 heteroatoms. The molecule has 1 aliphatic heterocycles. The third-order valence-electron chi connectivity index (χ3n) is 4.06. The number of fused-ring (bicyclic) bond motifs is 1. The highest BCUT2D eigenvalue weighted by Gasteiger charge is 2.30. The number of rotatable bonds is 3. The Labute approximate surface area is 131 Å². The van der Waals surface area contributed by atoms with Crippen molar-refractivity contribution in [3.63, 3.8) is 0 Å². The second-order valence-corrected chi connectivity index (χ2v) is 7.73. The maximum Gasteiger partial charge on any atom is 0.243 e. The van der Waals surface area contributed by atoms with Gasteiger partial charge in [0.25, 0.3) is 0 Å². The van der Waals surface area contributed by atoms with E-state index in [9.17, 15) is 13.5 Å². The smallest absolute Gasteiger partial charge is 0.243 e. The van der Waals surface area contributed by atoms with Gasteiger partial charge in [0.1, 0.15) is 0 Å². The Balaban J connectivity index is 1.90. The van der Waals surface area contributed by atoms with Gasteiger partial charge in [0.15, 0.2) is 0 Å². The molecule has 3 rings (SSSR count). The fourth-order valence-electron chi connectivity index (χ4n) is 2.67. The van der Waals surface area contributed by atoms with Crippen molar-refractivity contribution in [1.82, 2.24) is 4.31 Å². The zero-order valence-electron chi connectivity index (χ0n) is 12.7. The van der Waals surface area contributed by atoms with E-state index in [4.69, 9.17) is 0 Å². The summed E-state index contributed by atoms with van der Waals surface area (Å²) in [6.45, 7) is 4.37. The third kappa shape index (κ3) is 2.67. The summed E-state index contributed by atoms with van der Waals surface area (Å²) in [5.41, 5.74) is 3.81. The van der Waals surface area contributed by atoms with Gasteiger partial charge in [0.2, 0.25) is 10.0 Å². The molecule has 1 N–H and O–H groups in total. The minimum absolute atomic E-state index is 0.321. The summed E-state index contributed by atoms with van der Waals surface area (Å²) >= 11 is 0. The van der Waals surface area contributed by atoms with E-state index in [1.165, 1.54) is 4.31 Å². The highest BCUT2D eigenvalue weighted by atomic mass is 32.2. The van der Waals surface area contributed by atoms with Crippen LogP contribution in [0.3, 0.4) is 0 Å². The molecule has 2 aromatic carbocycles. The van der Waals surface area contributed by atoms with Crippen molar-refractivity contribution in [2.24, 2.45) is 0 Å². The molecule has 4 nitrogen and oxygen atoms in total. The van der Waals surface area contributed by atoms with Crippen LogP contribution in [0.15, 0.2) is 47.4 Å². The van der Waals surface area contributed by atoms with E-state index in [-0.39, 0.29) is 0 Å². The molecule has 0 unspecified atom stereocenters. The number of aryl methyl sites for hydroxylation is 1. The van der Waals surface area contributed by atoms with Crippen molar-refractivity contribution in [3.8, 4) is 0 Å². The van der Waals surface area contributed by atoms with Gasteiger partial charge in [-0.1, -0.05) is 35.9 Å². The summed E-state index contributed by atoms with van der Waals surface area (Å²) in [7, 11) is -3.49. The van der Waals surface area contributed by atoms with Crippen LogP contribution in [0.25, 0.3) is 0 Å². The van der Waals surface area contributed by atoms with E-state index in [2.05, 4.69) is 0 Å². The number of nitrogens with zero attached hydrogens (tertiary/aromatic N) is 1. The van der Waals surface area contributed by atoms with Crippen molar-refractivity contribution in [2.45, 2.75) is 37.9 Å². The monoisotopic (exact) mass is 317 g/mol. The molecule has 0 saturated heterocycles. The van der Waals surface area contributed by atoms with Crippen molar-refractivity contribution in [2.75, 3.05) is 0 Å². The maximum atomic E-state index is 12.7. The third-order valence-corrected chi connectivity index (χ3v) is 5.87. The minimum atomic E-state index is -3.49. The first-order valence-electron chi connectivity index (χ1n) is 7.24. The molecule has 0 amide bonds. The van der Waals surface area contributed by atoms with Crippen LogP contribution >= 0.6 is 0 Å². The first kappa shape index (κ1) is 15.2. The van der Waals surface area contributed by atoms with Gasteiger partial charge in [0, 0.05) is 13.1 Å². The summed E-state index contributed by atoms with van der Waals surface area (Å²) in [4.78, 5) is 0.321. The Morgan fingerprint density at radius 3 is 2.32 bits per heavy atom. The van der Waals surface area contributed by atoms with Crippen LogP contribution < -0.4 is 0 Å². The Morgan fingerprint density at radius 2 is 1.68 bits per heavy atom. The van der Waals surface area contributed by atoms with E-state index in [1.807, 2.05) is 37.3 Å². The van der Waals surface area contributed by atoms with Crippen LogP contribution in [-0.4, -0.2) is 17.8 Å². The van der Waals surface area contributed by atoms with Crippen molar-refractivity contribution >= 4 is 10.0 Å². The van der Waals surface area contributed by atoms with Gasteiger partial charge in [-0.05, 0) is 42.7 Å². The van der Waals surface area contributed by atoms with Crippen LogP contribution in [0.2, 0.25) is 0 Å². The Kier molecular flexibility index (Phi) is 3.80. The van der Waals surface area contributed by atoms with Crippen molar-refractivity contribution in [1.29, 1.82) is 0 Å². The van der Waals surface area contributed by atoms with Crippen LogP contribution in [0.5, 0.6) is 0 Å². The van der Waals surface area contributed by atoms with Gasteiger partial charge in [-0.3, -0.25) is 0 Å². The van der Waals surface area contributed by atoms with Crippen LogP contribution in [0.1, 0.15) is 35.3 Å². The van der Waals surface area contributed by atoms with E-state index in [0.29, 0.717) is 18.0 Å². The topological polar surface area (TPSA) is 57.6 Å². The average molecular weight is 317 g/mol. The van der Waals surface area contributed by atoms with Crippen LogP contribution in [0.4, 0.5) is 0 Å². The van der Waals surface area contributed by atoms with Crippen molar-refractivity contribution < 1.29 is 13.5 Å². The second-order valence-electron chi connectivity index (χ2n) is 5.79. The molecule has 0 fully saturated rings. The van der Waals surface area contributed by atoms with E-state index in [0.717, 1.165) is 22.3 Å². The van der Waals surface area contributed by atoms with E-state index < -0.39 is 16.1 Å². The molecule has 0 saturated carbocycles. The maximum absolute atomic E-state index is 12.7. The standard InChI is InChI=1S/C17H19NO3S/c1-12-3-7-17(8-4-12)22(20,21)18-10-15-6-5-14(13(2)19)9-16(15)11-18/h3-9,13,19H,10-11H2,1-2H3/t13-/m1/s1. The van der Waals surface area contributed by atoms with Gasteiger partial charge < -0.3 is 5.11 Å². The summed E-state index contributed by atoms with van der Waals surface area (Å²) in [6.07, 6.45) is -0.548. The molecule has 1 aliphatic rings. The van der Waals surface area contributed by atoms with Gasteiger partial charge in [-0.15, -0.1) is 0 Å². The number of hydrogen-bond acceptors (Lipinski definition) is 3. The molecule has 0 radical (unpaired) electrons. The largest absolute Gasteiger partial charge is 0.389 e. The van der Waals surface area contributed by atoms with Gasteiger partial charge in [-0.2, -0.15) is 4.31 Å². The number of hydrogen-bond donors (Lipinski definition) is 1.